The number of aromatic nitrogens is 2. The minimum absolute atomic E-state index is 0.0601. The maximum atomic E-state index is 12.6. The molecule has 0 bridgehead atoms. The molecule has 1 aromatic heterocycles. The van der Waals surface area contributed by atoms with Gasteiger partial charge in [-0.05, 0) is 42.7 Å². The van der Waals surface area contributed by atoms with E-state index in [1.165, 1.54) is 31.6 Å². The van der Waals surface area contributed by atoms with Crippen molar-refractivity contribution in [3.63, 3.8) is 0 Å². The van der Waals surface area contributed by atoms with Gasteiger partial charge in [-0.3, -0.25) is 4.79 Å². The first-order valence-corrected chi connectivity index (χ1v) is 11.2. The van der Waals surface area contributed by atoms with Crippen LogP contribution in [0.5, 0.6) is 11.5 Å². The number of methoxy groups -OCH3 is 1. The molecule has 0 radical (unpaired) electrons. The normalized spacial score (nSPS) is 14.4. The van der Waals surface area contributed by atoms with Crippen molar-refractivity contribution in [2.24, 2.45) is 0 Å². The molecule has 1 heterocycles. The van der Waals surface area contributed by atoms with Crippen molar-refractivity contribution in [1.82, 2.24) is 15.3 Å². The van der Waals surface area contributed by atoms with E-state index in [0.29, 0.717) is 16.7 Å². The number of fused-ring (bicyclic) bond motifs is 1. The lowest BCUT2D eigenvalue weighted by Gasteiger charge is -2.14. The molecule has 0 saturated heterocycles. The number of nitrogens with zero attached hydrogens (tertiary/aromatic N) is 2. The zero-order valence-corrected chi connectivity index (χ0v) is 19.1. The van der Waals surface area contributed by atoms with Crippen molar-refractivity contribution in [2.45, 2.75) is 37.9 Å². The number of benzene rings is 2. The van der Waals surface area contributed by atoms with Gasteiger partial charge in [-0.15, -0.1) is 0 Å². The van der Waals surface area contributed by atoms with Crippen molar-refractivity contribution in [3.8, 4) is 11.5 Å². The Labute approximate surface area is 200 Å². The number of carbonyl (C=O) groups is 1. The van der Waals surface area contributed by atoms with E-state index in [1.807, 2.05) is 24.3 Å². The molecule has 1 aliphatic carbocycles. The SMILES string of the molecule is COc1cc2c(Nc3ccc(C=CC(=O)NC4CCCC4)cc3)ncnc2cc1OCC(F)(F)F. The summed E-state index contributed by atoms with van der Waals surface area (Å²) >= 11 is 0. The molecule has 1 aliphatic rings. The lowest BCUT2D eigenvalue weighted by molar-refractivity contribution is -0.153. The second-order valence-electron chi connectivity index (χ2n) is 8.22. The quantitative estimate of drug-likeness (QED) is 0.415. The molecular formula is C25H25F3N4O3. The fourth-order valence-electron chi connectivity index (χ4n) is 3.90. The molecule has 184 valence electrons. The molecule has 1 fully saturated rings. The molecule has 0 spiro atoms. The predicted molar refractivity (Wildman–Crippen MR) is 127 cm³/mol. The molecule has 1 amide bonds. The van der Waals surface area contributed by atoms with Crippen LogP contribution in [0.25, 0.3) is 17.0 Å². The summed E-state index contributed by atoms with van der Waals surface area (Å²) in [5.41, 5.74) is 1.99. The fourth-order valence-corrected chi connectivity index (χ4v) is 3.90. The number of carbonyl (C=O) groups excluding carboxylic acids is 1. The Morgan fingerprint density at radius 2 is 1.86 bits per heavy atom. The Kier molecular flexibility index (Phi) is 7.38. The third-order valence-electron chi connectivity index (χ3n) is 5.61. The minimum Gasteiger partial charge on any atom is -0.493 e. The molecule has 0 atom stereocenters. The second kappa shape index (κ2) is 10.6. The smallest absolute Gasteiger partial charge is 0.422 e. The zero-order valence-electron chi connectivity index (χ0n) is 19.1. The lowest BCUT2D eigenvalue weighted by Crippen LogP contribution is -2.30. The van der Waals surface area contributed by atoms with Crippen LogP contribution < -0.4 is 20.1 Å². The zero-order chi connectivity index (χ0) is 24.8. The highest BCUT2D eigenvalue weighted by molar-refractivity contribution is 5.93. The van der Waals surface area contributed by atoms with Gasteiger partial charge in [-0.25, -0.2) is 9.97 Å². The summed E-state index contributed by atoms with van der Waals surface area (Å²) < 4.78 is 47.8. The number of halogens is 3. The number of hydrogen-bond acceptors (Lipinski definition) is 6. The number of anilines is 2. The molecule has 4 rings (SSSR count). The lowest BCUT2D eigenvalue weighted by atomic mass is 10.1. The molecule has 1 saturated carbocycles. The van der Waals surface area contributed by atoms with Crippen LogP contribution >= 0.6 is 0 Å². The molecule has 2 N–H and O–H groups in total. The molecular weight excluding hydrogens is 461 g/mol. The number of amides is 1. The number of nitrogens with one attached hydrogen (secondary N) is 2. The van der Waals surface area contributed by atoms with Crippen molar-refractivity contribution < 1.29 is 27.4 Å². The standard InChI is InChI=1S/C25H25F3N4O3/c1-34-21-12-19-20(13-22(21)35-14-25(26,27)28)29-15-30-24(19)32-18-9-6-16(7-10-18)8-11-23(33)31-17-4-2-3-5-17/h6-13,15,17H,2-5,14H2,1H3,(H,31,33)(H,29,30,32). The van der Waals surface area contributed by atoms with Gasteiger partial charge >= 0.3 is 6.18 Å². The van der Waals surface area contributed by atoms with Gasteiger partial charge in [0.1, 0.15) is 12.1 Å². The van der Waals surface area contributed by atoms with Crippen LogP contribution in [0.2, 0.25) is 0 Å². The average Bonchev–Trinajstić information content (AvgIpc) is 3.34. The van der Waals surface area contributed by atoms with Gasteiger partial charge < -0.3 is 20.1 Å². The first-order valence-electron chi connectivity index (χ1n) is 11.2. The third kappa shape index (κ3) is 6.62. The van der Waals surface area contributed by atoms with Gasteiger partial charge in [0.15, 0.2) is 18.1 Å². The first kappa shape index (κ1) is 24.3. The maximum Gasteiger partial charge on any atom is 0.422 e. The Balaban J connectivity index is 1.46. The fraction of sp³-hybridized carbons (Fsp3) is 0.320. The van der Waals surface area contributed by atoms with Crippen LogP contribution in [0.3, 0.4) is 0 Å². The van der Waals surface area contributed by atoms with Gasteiger partial charge in [0, 0.05) is 29.3 Å². The summed E-state index contributed by atoms with van der Waals surface area (Å²) in [6, 6.07) is 10.6. The van der Waals surface area contributed by atoms with E-state index in [4.69, 9.17) is 9.47 Å². The summed E-state index contributed by atoms with van der Waals surface area (Å²) in [6.07, 6.45) is 4.50. The van der Waals surface area contributed by atoms with E-state index in [-0.39, 0.29) is 23.4 Å². The summed E-state index contributed by atoms with van der Waals surface area (Å²) in [7, 11) is 1.35. The maximum absolute atomic E-state index is 12.6. The number of rotatable bonds is 8. The summed E-state index contributed by atoms with van der Waals surface area (Å²) in [4.78, 5) is 20.5. The summed E-state index contributed by atoms with van der Waals surface area (Å²) in [6.45, 7) is -1.44. The largest absolute Gasteiger partial charge is 0.493 e. The number of hydrogen-bond donors (Lipinski definition) is 2. The topological polar surface area (TPSA) is 85.4 Å². The monoisotopic (exact) mass is 486 g/mol. The third-order valence-corrected chi connectivity index (χ3v) is 5.61. The van der Waals surface area contributed by atoms with Crippen molar-refractivity contribution in [2.75, 3.05) is 19.0 Å². The Morgan fingerprint density at radius 1 is 1.11 bits per heavy atom. The van der Waals surface area contributed by atoms with Gasteiger partial charge in [-0.1, -0.05) is 25.0 Å². The van der Waals surface area contributed by atoms with E-state index in [2.05, 4.69) is 20.6 Å². The van der Waals surface area contributed by atoms with Gasteiger partial charge in [-0.2, -0.15) is 13.2 Å². The molecule has 7 nitrogen and oxygen atoms in total. The summed E-state index contributed by atoms with van der Waals surface area (Å²) in [5, 5.41) is 6.75. The predicted octanol–water partition coefficient (Wildman–Crippen LogP) is 5.40. The Bertz CT molecular complexity index is 1210. The highest BCUT2D eigenvalue weighted by Gasteiger charge is 2.29. The van der Waals surface area contributed by atoms with E-state index in [0.717, 1.165) is 36.9 Å². The van der Waals surface area contributed by atoms with Gasteiger partial charge in [0.05, 0.1) is 12.6 Å². The van der Waals surface area contributed by atoms with Crippen LogP contribution in [0, 0.1) is 0 Å². The highest BCUT2D eigenvalue weighted by atomic mass is 19.4. The van der Waals surface area contributed by atoms with E-state index in [1.54, 1.807) is 6.08 Å². The number of ether oxygens (including phenoxy) is 2. The van der Waals surface area contributed by atoms with E-state index >= 15 is 0 Å². The molecule has 2 aromatic carbocycles. The highest BCUT2D eigenvalue weighted by Crippen LogP contribution is 2.35. The van der Waals surface area contributed by atoms with Crippen LogP contribution in [-0.4, -0.2) is 41.8 Å². The average molecular weight is 486 g/mol. The van der Waals surface area contributed by atoms with Crippen molar-refractivity contribution in [1.29, 1.82) is 0 Å². The van der Waals surface area contributed by atoms with Crippen molar-refractivity contribution in [3.05, 3.63) is 54.4 Å². The first-order chi connectivity index (χ1) is 16.8. The van der Waals surface area contributed by atoms with Gasteiger partial charge in [0.2, 0.25) is 5.91 Å². The van der Waals surface area contributed by atoms with Crippen molar-refractivity contribution >= 4 is 34.4 Å². The molecule has 0 aliphatic heterocycles. The van der Waals surface area contributed by atoms with Crippen LogP contribution in [-0.2, 0) is 4.79 Å². The Morgan fingerprint density at radius 3 is 2.54 bits per heavy atom. The van der Waals surface area contributed by atoms with E-state index in [9.17, 15) is 18.0 Å². The van der Waals surface area contributed by atoms with Crippen LogP contribution in [0.15, 0.2) is 48.8 Å². The molecule has 35 heavy (non-hydrogen) atoms. The number of alkyl halides is 3. The molecule has 10 heteroatoms. The second-order valence-corrected chi connectivity index (χ2v) is 8.22. The van der Waals surface area contributed by atoms with E-state index < -0.39 is 12.8 Å². The van der Waals surface area contributed by atoms with Crippen LogP contribution in [0.1, 0.15) is 31.2 Å². The molecule has 3 aromatic rings. The Hall–Kier alpha value is -3.82. The van der Waals surface area contributed by atoms with Crippen LogP contribution in [0.4, 0.5) is 24.7 Å². The molecule has 0 unspecified atom stereocenters. The minimum atomic E-state index is -4.47. The summed E-state index contributed by atoms with van der Waals surface area (Å²) in [5.74, 6) is 0.431. The van der Waals surface area contributed by atoms with Gasteiger partial charge in [0.25, 0.3) is 0 Å².